The highest BCUT2D eigenvalue weighted by Crippen LogP contribution is 2.35. The van der Waals surface area contributed by atoms with E-state index in [0.717, 1.165) is 23.3 Å². The van der Waals surface area contributed by atoms with Crippen LogP contribution in [0.4, 0.5) is 23.2 Å². The van der Waals surface area contributed by atoms with E-state index >= 15 is 0 Å². The number of nitrogens with zero attached hydrogens (tertiary/aromatic N) is 1. The van der Waals surface area contributed by atoms with Gasteiger partial charge < -0.3 is 10.2 Å². The van der Waals surface area contributed by atoms with Crippen molar-refractivity contribution in [2.45, 2.75) is 50.5 Å². The average Bonchev–Trinajstić information content (AvgIpc) is 3.26. The zero-order valence-corrected chi connectivity index (χ0v) is 11.6. The molecule has 116 valence electrons. The van der Waals surface area contributed by atoms with Crippen molar-refractivity contribution in [1.29, 1.82) is 0 Å². The molecule has 1 N–H and O–H groups in total. The van der Waals surface area contributed by atoms with E-state index in [1.165, 1.54) is 12.1 Å². The summed E-state index contributed by atoms with van der Waals surface area (Å²) in [5.41, 5.74) is 0.830. The number of hydrogen-bond acceptors (Lipinski definition) is 2. The SMILES string of the molecule is Fc1cc(CNC2CC2)ccc1N(CC(F)(F)F)C1CC1. The second-order valence-corrected chi connectivity index (χ2v) is 5.92. The Hall–Kier alpha value is -1.30. The quantitative estimate of drug-likeness (QED) is 0.808. The normalized spacial score (nSPS) is 18.9. The van der Waals surface area contributed by atoms with Crippen molar-refractivity contribution in [3.63, 3.8) is 0 Å². The van der Waals surface area contributed by atoms with Crippen LogP contribution in [-0.2, 0) is 6.54 Å². The van der Waals surface area contributed by atoms with Gasteiger partial charge in [-0.25, -0.2) is 4.39 Å². The molecule has 0 bridgehead atoms. The van der Waals surface area contributed by atoms with Crippen molar-refractivity contribution in [3.8, 4) is 0 Å². The van der Waals surface area contributed by atoms with E-state index in [1.807, 2.05) is 0 Å². The van der Waals surface area contributed by atoms with Crippen LogP contribution in [0.2, 0.25) is 0 Å². The Bertz CT molecular complexity index is 507. The number of benzene rings is 1. The van der Waals surface area contributed by atoms with Crippen molar-refractivity contribution < 1.29 is 17.6 Å². The summed E-state index contributed by atoms with van der Waals surface area (Å²) >= 11 is 0. The molecule has 0 unspecified atom stereocenters. The summed E-state index contributed by atoms with van der Waals surface area (Å²) in [5.74, 6) is -0.568. The molecule has 2 fully saturated rings. The van der Waals surface area contributed by atoms with E-state index in [4.69, 9.17) is 0 Å². The lowest BCUT2D eigenvalue weighted by Crippen LogP contribution is -2.36. The maximum absolute atomic E-state index is 14.2. The molecule has 0 radical (unpaired) electrons. The fraction of sp³-hybridized carbons (Fsp3) is 0.600. The molecule has 1 aromatic rings. The van der Waals surface area contributed by atoms with Crippen LogP contribution in [0.5, 0.6) is 0 Å². The minimum absolute atomic E-state index is 0.0602. The second kappa shape index (κ2) is 5.48. The Labute approximate surface area is 121 Å². The number of anilines is 1. The molecule has 0 aliphatic heterocycles. The van der Waals surface area contributed by atoms with Gasteiger partial charge in [0.2, 0.25) is 0 Å². The lowest BCUT2D eigenvalue weighted by molar-refractivity contribution is -0.120. The van der Waals surface area contributed by atoms with E-state index in [1.54, 1.807) is 6.07 Å². The summed E-state index contributed by atoms with van der Waals surface area (Å²) in [7, 11) is 0. The van der Waals surface area contributed by atoms with Crippen molar-refractivity contribution in [1.82, 2.24) is 5.32 Å². The van der Waals surface area contributed by atoms with Gasteiger partial charge in [-0.05, 0) is 43.4 Å². The summed E-state index contributed by atoms with van der Waals surface area (Å²) < 4.78 is 52.1. The number of rotatable bonds is 6. The predicted molar refractivity (Wildman–Crippen MR) is 72.7 cm³/mol. The zero-order chi connectivity index (χ0) is 15.0. The minimum atomic E-state index is -4.32. The number of hydrogen-bond donors (Lipinski definition) is 1. The predicted octanol–water partition coefficient (Wildman–Crippen LogP) is 3.61. The van der Waals surface area contributed by atoms with Crippen LogP contribution < -0.4 is 10.2 Å². The molecule has 0 amide bonds. The number of alkyl halides is 3. The minimum Gasteiger partial charge on any atom is -0.357 e. The lowest BCUT2D eigenvalue weighted by atomic mass is 10.1. The molecule has 0 aromatic heterocycles. The molecule has 0 heterocycles. The third-order valence-electron chi connectivity index (χ3n) is 3.83. The van der Waals surface area contributed by atoms with Crippen molar-refractivity contribution in [3.05, 3.63) is 29.6 Å². The van der Waals surface area contributed by atoms with Gasteiger partial charge in [0.1, 0.15) is 12.4 Å². The van der Waals surface area contributed by atoms with Crippen molar-refractivity contribution in [2.75, 3.05) is 11.4 Å². The van der Waals surface area contributed by atoms with Crippen LogP contribution in [0.3, 0.4) is 0 Å². The Morgan fingerprint density at radius 3 is 2.38 bits per heavy atom. The first-order valence-electron chi connectivity index (χ1n) is 7.27. The third kappa shape index (κ3) is 4.09. The highest BCUT2D eigenvalue weighted by atomic mass is 19.4. The first kappa shape index (κ1) is 14.6. The topological polar surface area (TPSA) is 15.3 Å². The Balaban J connectivity index is 1.72. The summed E-state index contributed by atoms with van der Waals surface area (Å²) in [5, 5.41) is 3.26. The summed E-state index contributed by atoms with van der Waals surface area (Å²) in [6.07, 6.45) is -0.647. The highest BCUT2D eigenvalue weighted by Gasteiger charge is 2.39. The molecule has 2 aliphatic rings. The van der Waals surface area contributed by atoms with Gasteiger partial charge >= 0.3 is 6.18 Å². The van der Waals surface area contributed by atoms with E-state index in [9.17, 15) is 17.6 Å². The van der Waals surface area contributed by atoms with Gasteiger partial charge in [0.05, 0.1) is 5.69 Å². The fourth-order valence-corrected chi connectivity index (χ4v) is 2.43. The highest BCUT2D eigenvalue weighted by molar-refractivity contribution is 5.51. The Kier molecular flexibility index (Phi) is 3.82. The molecule has 21 heavy (non-hydrogen) atoms. The standard InChI is InChI=1S/C15H18F4N2/c16-13-7-10(8-20-11-2-3-11)1-6-14(13)21(12-4-5-12)9-15(17,18)19/h1,6-7,11-12,20H,2-5,8-9H2. The molecule has 2 nitrogen and oxygen atoms in total. The van der Waals surface area contributed by atoms with Crippen LogP contribution in [0, 0.1) is 5.82 Å². The van der Waals surface area contributed by atoms with Crippen molar-refractivity contribution >= 4 is 5.69 Å². The molecular weight excluding hydrogens is 284 g/mol. The van der Waals surface area contributed by atoms with E-state index in [2.05, 4.69) is 5.32 Å². The fourth-order valence-electron chi connectivity index (χ4n) is 2.43. The van der Waals surface area contributed by atoms with Gasteiger partial charge in [-0.15, -0.1) is 0 Å². The van der Waals surface area contributed by atoms with Gasteiger partial charge in [-0.2, -0.15) is 13.2 Å². The summed E-state index contributed by atoms with van der Waals surface area (Å²) in [6.45, 7) is -0.529. The molecule has 0 spiro atoms. The Morgan fingerprint density at radius 2 is 1.86 bits per heavy atom. The van der Waals surface area contributed by atoms with Gasteiger partial charge in [0.15, 0.2) is 0 Å². The first-order valence-corrected chi connectivity index (χ1v) is 7.27. The summed E-state index contributed by atoms with van der Waals surface area (Å²) in [4.78, 5) is 1.15. The lowest BCUT2D eigenvalue weighted by Gasteiger charge is -2.26. The average molecular weight is 302 g/mol. The van der Waals surface area contributed by atoms with Crippen LogP contribution in [-0.4, -0.2) is 24.8 Å². The maximum Gasteiger partial charge on any atom is 0.405 e. The maximum atomic E-state index is 14.2. The molecule has 1 aromatic carbocycles. The molecule has 0 atom stereocenters. The third-order valence-corrected chi connectivity index (χ3v) is 3.83. The first-order chi connectivity index (χ1) is 9.92. The van der Waals surface area contributed by atoms with Gasteiger partial charge in [0, 0.05) is 18.6 Å². The number of halogens is 4. The van der Waals surface area contributed by atoms with Crippen molar-refractivity contribution in [2.24, 2.45) is 0 Å². The van der Waals surface area contributed by atoms with Crippen LogP contribution in [0.1, 0.15) is 31.2 Å². The summed E-state index contributed by atoms with van der Waals surface area (Å²) in [6, 6.07) is 4.86. The van der Waals surface area contributed by atoms with Gasteiger partial charge in [-0.3, -0.25) is 0 Å². The molecular formula is C15H18F4N2. The van der Waals surface area contributed by atoms with Gasteiger partial charge in [-0.1, -0.05) is 6.07 Å². The van der Waals surface area contributed by atoms with Crippen LogP contribution in [0.25, 0.3) is 0 Å². The monoisotopic (exact) mass is 302 g/mol. The molecule has 2 aliphatic carbocycles. The number of nitrogens with one attached hydrogen (secondary N) is 1. The second-order valence-electron chi connectivity index (χ2n) is 5.92. The molecule has 3 rings (SSSR count). The van der Waals surface area contributed by atoms with Crippen LogP contribution in [0.15, 0.2) is 18.2 Å². The molecule has 2 saturated carbocycles. The van der Waals surface area contributed by atoms with E-state index in [0.29, 0.717) is 25.4 Å². The molecule has 6 heteroatoms. The van der Waals surface area contributed by atoms with E-state index < -0.39 is 18.5 Å². The molecule has 0 saturated heterocycles. The van der Waals surface area contributed by atoms with Crippen LogP contribution >= 0.6 is 0 Å². The zero-order valence-electron chi connectivity index (χ0n) is 11.6. The largest absolute Gasteiger partial charge is 0.405 e. The smallest absolute Gasteiger partial charge is 0.357 e. The van der Waals surface area contributed by atoms with E-state index in [-0.39, 0.29) is 11.7 Å². The Morgan fingerprint density at radius 1 is 1.14 bits per heavy atom. The van der Waals surface area contributed by atoms with Gasteiger partial charge in [0.25, 0.3) is 0 Å².